The van der Waals surface area contributed by atoms with Gasteiger partial charge < -0.3 is 31.3 Å². The van der Waals surface area contributed by atoms with Crippen molar-refractivity contribution in [3.05, 3.63) is 108 Å². The molecule has 14 heteroatoms. The molecule has 0 aromatic heterocycles. The van der Waals surface area contributed by atoms with Crippen LogP contribution < -0.4 is 26.6 Å². The lowest BCUT2D eigenvalue weighted by Gasteiger charge is -2.25. The Morgan fingerprint density at radius 2 is 1.49 bits per heavy atom. The van der Waals surface area contributed by atoms with E-state index in [0.29, 0.717) is 12.1 Å². The minimum absolute atomic E-state index is 0.00138. The normalized spacial score (nSPS) is 14.2. The number of nitrogens with two attached hydrogens (primary N) is 1. The molecule has 5 amide bonds. The SMILES string of the molecule is CC(C)C[C@H](NC(=O)OCc1ccccc1)C(=O)N[C@@H](Cc1ccccc1)C(=O)N[C@H](/C=C/C(=O)N1CCc2cccc(S(C)(=O)=O)c21)CCC(N)=O. The van der Waals surface area contributed by atoms with Gasteiger partial charge in [0.1, 0.15) is 18.7 Å². The number of nitrogens with one attached hydrogen (secondary N) is 3. The van der Waals surface area contributed by atoms with E-state index in [1.54, 1.807) is 48.5 Å². The van der Waals surface area contributed by atoms with E-state index in [9.17, 15) is 32.4 Å². The highest BCUT2D eigenvalue weighted by molar-refractivity contribution is 7.90. The molecule has 3 atom stereocenters. The predicted molar refractivity (Wildman–Crippen MR) is 200 cm³/mol. The van der Waals surface area contributed by atoms with Gasteiger partial charge in [-0.15, -0.1) is 0 Å². The minimum Gasteiger partial charge on any atom is -0.445 e. The highest BCUT2D eigenvalue weighted by Gasteiger charge is 2.31. The van der Waals surface area contributed by atoms with Crippen LogP contribution in [0.1, 0.15) is 49.8 Å². The first-order valence-electron chi connectivity index (χ1n) is 17.4. The Hall–Kier alpha value is -5.50. The van der Waals surface area contributed by atoms with Crippen LogP contribution >= 0.6 is 0 Å². The van der Waals surface area contributed by atoms with Crippen LogP contribution in [0.2, 0.25) is 0 Å². The summed E-state index contributed by atoms with van der Waals surface area (Å²) in [7, 11) is -3.63. The number of carbonyl (C=O) groups excluding carboxylic acids is 5. The quantitative estimate of drug-likeness (QED) is 0.151. The number of ether oxygens (including phenoxy) is 1. The van der Waals surface area contributed by atoms with Crippen molar-refractivity contribution < 1.29 is 37.1 Å². The zero-order valence-corrected chi connectivity index (χ0v) is 30.9. The van der Waals surface area contributed by atoms with E-state index in [-0.39, 0.29) is 49.6 Å². The molecule has 3 aromatic rings. The van der Waals surface area contributed by atoms with Gasteiger partial charge in [-0.05, 0) is 47.9 Å². The molecule has 0 bridgehead atoms. The molecule has 1 heterocycles. The fourth-order valence-corrected chi connectivity index (χ4v) is 6.89. The lowest BCUT2D eigenvalue weighted by Crippen LogP contribution is -2.55. The summed E-state index contributed by atoms with van der Waals surface area (Å²) in [5.41, 5.74) is 7.99. The first-order chi connectivity index (χ1) is 25.2. The molecule has 1 aliphatic heterocycles. The van der Waals surface area contributed by atoms with Gasteiger partial charge in [0, 0.05) is 37.8 Å². The molecule has 13 nitrogen and oxygen atoms in total. The molecule has 0 spiro atoms. The number of hydrogen-bond donors (Lipinski definition) is 4. The Bertz CT molecular complexity index is 1900. The standard InChI is InChI=1S/C39H47N5O8S/c1-26(2)23-31(43-39(49)52-25-28-13-8-5-9-14-28)38(48)42-32(24-27-11-6-4-7-12-27)37(47)41-30(17-19-34(40)45)18-20-35(46)44-22-21-29-15-10-16-33(36(29)44)53(3,50)51/h4-16,18,20,26,30-32H,17,19,21-25H2,1-3H3,(H2,40,45)(H,41,47)(H,42,48)(H,43,49)/b20-18+/t30-,31-,32-/m0/s1. The number of sulfone groups is 1. The molecule has 53 heavy (non-hydrogen) atoms. The molecule has 0 saturated heterocycles. The summed E-state index contributed by atoms with van der Waals surface area (Å²) in [5, 5.41) is 8.26. The molecule has 0 radical (unpaired) electrons. The van der Waals surface area contributed by atoms with Crippen LogP contribution in [0, 0.1) is 5.92 Å². The molecule has 0 saturated carbocycles. The number of alkyl carbamates (subject to hydrolysis) is 1. The van der Waals surface area contributed by atoms with Crippen molar-refractivity contribution in [3.8, 4) is 0 Å². The highest BCUT2D eigenvalue weighted by Crippen LogP contribution is 2.34. The maximum Gasteiger partial charge on any atom is 0.408 e. The number of anilines is 1. The molecule has 5 N–H and O–H groups in total. The van der Waals surface area contributed by atoms with Gasteiger partial charge in [0.15, 0.2) is 9.84 Å². The summed E-state index contributed by atoms with van der Waals surface area (Å²) in [5.74, 6) is -2.33. The summed E-state index contributed by atoms with van der Waals surface area (Å²) in [4.78, 5) is 67.0. The maximum atomic E-state index is 13.9. The lowest BCUT2D eigenvalue weighted by molar-refractivity contribution is -0.130. The number of carbonyl (C=O) groups is 5. The van der Waals surface area contributed by atoms with Crippen molar-refractivity contribution >= 4 is 45.2 Å². The lowest BCUT2D eigenvalue weighted by atomic mass is 10.0. The van der Waals surface area contributed by atoms with Gasteiger partial charge in [-0.3, -0.25) is 19.2 Å². The van der Waals surface area contributed by atoms with Gasteiger partial charge in [0.25, 0.3) is 5.91 Å². The van der Waals surface area contributed by atoms with Crippen LogP contribution in [-0.2, 0) is 53.2 Å². The monoisotopic (exact) mass is 745 g/mol. The van der Waals surface area contributed by atoms with E-state index >= 15 is 0 Å². The van der Waals surface area contributed by atoms with Crippen LogP contribution in [-0.4, -0.2) is 69.1 Å². The predicted octanol–water partition coefficient (Wildman–Crippen LogP) is 3.35. The van der Waals surface area contributed by atoms with Crippen LogP contribution in [0.3, 0.4) is 0 Å². The molecular formula is C39H47N5O8S. The zero-order valence-electron chi connectivity index (χ0n) is 30.1. The number of rotatable bonds is 17. The third-order valence-electron chi connectivity index (χ3n) is 8.57. The Morgan fingerprint density at radius 3 is 2.11 bits per heavy atom. The number of amides is 5. The smallest absolute Gasteiger partial charge is 0.408 e. The molecule has 282 valence electrons. The van der Waals surface area contributed by atoms with Crippen LogP contribution in [0.25, 0.3) is 0 Å². The van der Waals surface area contributed by atoms with Gasteiger partial charge >= 0.3 is 6.09 Å². The van der Waals surface area contributed by atoms with E-state index in [1.807, 2.05) is 38.1 Å². The second-order valence-electron chi connectivity index (χ2n) is 13.4. The van der Waals surface area contributed by atoms with Crippen LogP contribution in [0.5, 0.6) is 0 Å². The van der Waals surface area contributed by atoms with Crippen LogP contribution in [0.15, 0.2) is 95.9 Å². The Morgan fingerprint density at radius 1 is 0.849 bits per heavy atom. The van der Waals surface area contributed by atoms with Crippen molar-refractivity contribution in [1.29, 1.82) is 0 Å². The van der Waals surface area contributed by atoms with E-state index < -0.39 is 57.7 Å². The van der Waals surface area contributed by atoms with Crippen molar-refractivity contribution in [2.75, 3.05) is 17.7 Å². The van der Waals surface area contributed by atoms with Gasteiger partial charge in [0.05, 0.1) is 10.6 Å². The molecule has 3 aromatic carbocycles. The summed E-state index contributed by atoms with van der Waals surface area (Å²) in [6, 6.07) is 20.0. The van der Waals surface area contributed by atoms with Gasteiger partial charge in [-0.25, -0.2) is 13.2 Å². The molecule has 0 fully saturated rings. The largest absolute Gasteiger partial charge is 0.445 e. The second-order valence-corrected chi connectivity index (χ2v) is 15.4. The molecular weight excluding hydrogens is 699 g/mol. The first-order valence-corrected chi connectivity index (χ1v) is 19.3. The second kappa shape index (κ2) is 18.8. The first kappa shape index (κ1) is 40.3. The number of para-hydroxylation sites is 1. The van der Waals surface area contributed by atoms with E-state index in [4.69, 9.17) is 10.5 Å². The molecule has 0 aliphatic carbocycles. The highest BCUT2D eigenvalue weighted by atomic mass is 32.2. The average molecular weight is 746 g/mol. The van der Waals surface area contributed by atoms with E-state index in [1.165, 1.54) is 23.1 Å². The average Bonchev–Trinajstić information content (AvgIpc) is 3.56. The van der Waals surface area contributed by atoms with Gasteiger partial charge in [0.2, 0.25) is 17.7 Å². The third-order valence-corrected chi connectivity index (χ3v) is 9.70. The van der Waals surface area contributed by atoms with Crippen molar-refractivity contribution in [2.45, 2.75) is 75.6 Å². The number of primary amides is 1. The zero-order chi connectivity index (χ0) is 38.5. The topological polar surface area (TPSA) is 194 Å². The molecule has 4 rings (SSSR count). The maximum absolute atomic E-state index is 13.9. The number of benzene rings is 3. The number of hydrogen-bond acceptors (Lipinski definition) is 8. The molecule has 1 aliphatic rings. The Labute approximate surface area is 310 Å². The van der Waals surface area contributed by atoms with Crippen molar-refractivity contribution in [3.63, 3.8) is 0 Å². The summed E-state index contributed by atoms with van der Waals surface area (Å²) in [6.45, 7) is 4.06. The fraction of sp³-hybridized carbons (Fsp3) is 0.359. The van der Waals surface area contributed by atoms with E-state index in [0.717, 1.165) is 22.9 Å². The Kier molecular flexibility index (Phi) is 14.3. The third kappa shape index (κ3) is 12.3. The van der Waals surface area contributed by atoms with Crippen molar-refractivity contribution in [2.24, 2.45) is 11.7 Å². The van der Waals surface area contributed by atoms with Gasteiger partial charge in [-0.1, -0.05) is 92.7 Å². The fourth-order valence-electron chi connectivity index (χ4n) is 5.97. The number of fused-ring (bicyclic) bond motifs is 1. The minimum atomic E-state index is -3.63. The summed E-state index contributed by atoms with van der Waals surface area (Å²) >= 11 is 0. The summed E-state index contributed by atoms with van der Waals surface area (Å²) < 4.78 is 30.3. The van der Waals surface area contributed by atoms with Crippen molar-refractivity contribution in [1.82, 2.24) is 16.0 Å². The van der Waals surface area contributed by atoms with E-state index in [2.05, 4.69) is 16.0 Å². The Balaban J connectivity index is 1.52. The summed E-state index contributed by atoms with van der Waals surface area (Å²) in [6.07, 6.45) is 3.71. The van der Waals surface area contributed by atoms with Crippen LogP contribution in [0.4, 0.5) is 10.5 Å². The number of nitrogens with zero attached hydrogens (tertiary/aromatic N) is 1. The van der Waals surface area contributed by atoms with Gasteiger partial charge in [-0.2, -0.15) is 0 Å². The molecule has 0 unspecified atom stereocenters.